The molecule has 0 atom stereocenters. The van der Waals surface area contributed by atoms with E-state index in [4.69, 9.17) is 14.5 Å². The summed E-state index contributed by atoms with van der Waals surface area (Å²) < 4.78 is 13.9. The molecule has 27 heavy (non-hydrogen) atoms. The van der Waals surface area contributed by atoms with Crippen molar-refractivity contribution in [2.75, 3.05) is 26.3 Å². The summed E-state index contributed by atoms with van der Waals surface area (Å²) in [6.45, 7) is 4.39. The molecule has 2 aromatic carbocycles. The molecule has 0 bridgehead atoms. The smallest absolute Gasteiger partial charge is 0.161 e. The molecule has 2 aliphatic heterocycles. The van der Waals surface area contributed by atoms with E-state index in [1.54, 1.807) is 0 Å². The molecule has 3 heterocycles. The third kappa shape index (κ3) is 2.69. The lowest BCUT2D eigenvalue weighted by Gasteiger charge is -2.41. The Labute approximate surface area is 158 Å². The highest BCUT2D eigenvalue weighted by atomic mass is 16.6. The third-order valence-corrected chi connectivity index (χ3v) is 5.88. The summed E-state index contributed by atoms with van der Waals surface area (Å²) in [6, 6.07) is 15.4. The summed E-state index contributed by atoms with van der Waals surface area (Å²) in [7, 11) is 0. The predicted molar refractivity (Wildman–Crippen MR) is 103 cm³/mol. The molecule has 138 valence electrons. The normalized spacial score (nSPS) is 20.0. The second-order valence-corrected chi connectivity index (χ2v) is 7.93. The summed E-state index contributed by atoms with van der Waals surface area (Å²) in [6.07, 6.45) is 2.58. The van der Waals surface area contributed by atoms with Crippen LogP contribution in [0.1, 0.15) is 36.2 Å². The van der Waals surface area contributed by atoms with E-state index in [9.17, 15) is 0 Å². The van der Waals surface area contributed by atoms with Crippen molar-refractivity contribution in [3.05, 3.63) is 53.9 Å². The summed E-state index contributed by atoms with van der Waals surface area (Å²) in [5, 5.41) is 0. The van der Waals surface area contributed by atoms with E-state index >= 15 is 0 Å². The highest BCUT2D eigenvalue weighted by molar-refractivity contribution is 5.76. The molecule has 1 aromatic heterocycles. The van der Waals surface area contributed by atoms with Crippen molar-refractivity contribution in [3.63, 3.8) is 0 Å². The average molecular weight is 361 g/mol. The van der Waals surface area contributed by atoms with Crippen LogP contribution < -0.4 is 9.47 Å². The first-order valence-electron chi connectivity index (χ1n) is 9.93. The van der Waals surface area contributed by atoms with Crippen molar-refractivity contribution < 1.29 is 9.47 Å². The van der Waals surface area contributed by atoms with Crippen molar-refractivity contribution >= 4 is 11.0 Å². The molecule has 1 aliphatic carbocycles. The molecular formula is C22H23N3O2. The second kappa shape index (κ2) is 5.99. The van der Waals surface area contributed by atoms with E-state index in [0.717, 1.165) is 36.6 Å². The Morgan fingerprint density at radius 1 is 0.963 bits per heavy atom. The largest absolute Gasteiger partial charge is 0.486 e. The van der Waals surface area contributed by atoms with Gasteiger partial charge in [-0.05, 0) is 42.7 Å². The van der Waals surface area contributed by atoms with Crippen LogP contribution in [0.5, 0.6) is 11.5 Å². The monoisotopic (exact) mass is 361 g/mol. The van der Waals surface area contributed by atoms with Crippen LogP contribution in [0.4, 0.5) is 0 Å². The molecule has 0 unspecified atom stereocenters. The molecule has 6 rings (SSSR count). The van der Waals surface area contributed by atoms with Crippen molar-refractivity contribution in [1.82, 2.24) is 14.5 Å². The van der Waals surface area contributed by atoms with Gasteiger partial charge in [0.1, 0.15) is 19.0 Å². The quantitative estimate of drug-likeness (QED) is 0.710. The Morgan fingerprint density at radius 2 is 1.78 bits per heavy atom. The van der Waals surface area contributed by atoms with Gasteiger partial charge < -0.3 is 14.0 Å². The SMILES string of the molecule is c1ccc2c(c1)nc(C1CC1)n2C1CN(Cc2ccc3c(c2)OCCO3)C1. The fourth-order valence-corrected chi connectivity index (χ4v) is 4.36. The molecule has 3 aliphatic rings. The maximum Gasteiger partial charge on any atom is 0.161 e. The highest BCUT2D eigenvalue weighted by Gasteiger charge is 2.36. The van der Waals surface area contributed by atoms with Gasteiger partial charge in [-0.3, -0.25) is 4.90 Å². The number of hydrogen-bond donors (Lipinski definition) is 0. The predicted octanol–water partition coefficient (Wildman–Crippen LogP) is 3.74. The van der Waals surface area contributed by atoms with E-state index in [1.807, 2.05) is 6.07 Å². The summed E-state index contributed by atoms with van der Waals surface area (Å²) in [4.78, 5) is 7.45. The Morgan fingerprint density at radius 3 is 2.63 bits per heavy atom. The Hall–Kier alpha value is -2.53. The van der Waals surface area contributed by atoms with Gasteiger partial charge in [0.05, 0.1) is 17.1 Å². The van der Waals surface area contributed by atoms with Crippen LogP contribution in [0, 0.1) is 0 Å². The number of para-hydroxylation sites is 2. The number of rotatable bonds is 4. The van der Waals surface area contributed by atoms with Gasteiger partial charge in [-0.2, -0.15) is 0 Å². The van der Waals surface area contributed by atoms with Crippen LogP contribution in [0.25, 0.3) is 11.0 Å². The van der Waals surface area contributed by atoms with E-state index in [1.165, 1.54) is 29.7 Å². The molecular weight excluding hydrogens is 338 g/mol. The maximum absolute atomic E-state index is 5.72. The zero-order chi connectivity index (χ0) is 17.8. The van der Waals surface area contributed by atoms with Crippen molar-refractivity contribution in [3.8, 4) is 11.5 Å². The number of imidazole rings is 1. The van der Waals surface area contributed by atoms with E-state index in [0.29, 0.717) is 25.2 Å². The zero-order valence-electron chi connectivity index (χ0n) is 15.3. The van der Waals surface area contributed by atoms with Gasteiger partial charge in [0.25, 0.3) is 0 Å². The first-order chi connectivity index (χ1) is 13.3. The summed E-state index contributed by atoms with van der Waals surface area (Å²) >= 11 is 0. The van der Waals surface area contributed by atoms with Crippen molar-refractivity contribution in [2.24, 2.45) is 0 Å². The number of hydrogen-bond acceptors (Lipinski definition) is 4. The minimum Gasteiger partial charge on any atom is -0.486 e. The fraction of sp³-hybridized carbons (Fsp3) is 0.409. The minimum atomic E-state index is 0.533. The van der Waals surface area contributed by atoms with Crippen LogP contribution in [0.2, 0.25) is 0 Å². The number of fused-ring (bicyclic) bond motifs is 2. The average Bonchev–Trinajstić information content (AvgIpc) is 3.45. The van der Waals surface area contributed by atoms with Gasteiger partial charge in [-0.1, -0.05) is 18.2 Å². The number of aromatic nitrogens is 2. The van der Waals surface area contributed by atoms with E-state index in [-0.39, 0.29) is 0 Å². The number of likely N-dealkylation sites (tertiary alicyclic amines) is 1. The molecule has 2 fully saturated rings. The van der Waals surface area contributed by atoms with Gasteiger partial charge in [0, 0.05) is 25.6 Å². The Balaban J connectivity index is 1.20. The van der Waals surface area contributed by atoms with Crippen LogP contribution in [-0.4, -0.2) is 40.8 Å². The van der Waals surface area contributed by atoms with Gasteiger partial charge in [0.2, 0.25) is 0 Å². The van der Waals surface area contributed by atoms with Crippen LogP contribution in [-0.2, 0) is 6.54 Å². The summed E-state index contributed by atoms with van der Waals surface area (Å²) in [5.74, 6) is 3.72. The standard InChI is InChI=1S/C22H23N3O2/c1-2-4-19-18(3-1)23-22(16-6-7-16)25(19)17-13-24(14-17)12-15-5-8-20-21(11-15)27-10-9-26-20/h1-5,8,11,16-17H,6-7,9-10,12-14H2. The molecule has 3 aromatic rings. The molecule has 0 radical (unpaired) electrons. The molecule has 5 heteroatoms. The lowest BCUT2D eigenvalue weighted by atomic mass is 10.1. The van der Waals surface area contributed by atoms with Crippen LogP contribution >= 0.6 is 0 Å². The van der Waals surface area contributed by atoms with E-state index in [2.05, 4.69) is 45.9 Å². The fourth-order valence-electron chi connectivity index (χ4n) is 4.36. The molecule has 1 saturated heterocycles. The zero-order valence-corrected chi connectivity index (χ0v) is 15.3. The second-order valence-electron chi connectivity index (χ2n) is 7.93. The van der Waals surface area contributed by atoms with Gasteiger partial charge in [-0.15, -0.1) is 0 Å². The maximum atomic E-state index is 5.72. The van der Waals surface area contributed by atoms with E-state index < -0.39 is 0 Å². The van der Waals surface area contributed by atoms with Gasteiger partial charge >= 0.3 is 0 Å². The lowest BCUT2D eigenvalue weighted by Crippen LogP contribution is -2.47. The van der Waals surface area contributed by atoms with Crippen molar-refractivity contribution in [1.29, 1.82) is 0 Å². The highest BCUT2D eigenvalue weighted by Crippen LogP contribution is 2.43. The first kappa shape index (κ1) is 15.5. The topological polar surface area (TPSA) is 39.5 Å². The number of benzene rings is 2. The first-order valence-corrected chi connectivity index (χ1v) is 9.93. The molecule has 1 saturated carbocycles. The van der Waals surface area contributed by atoms with Crippen molar-refractivity contribution in [2.45, 2.75) is 31.3 Å². The van der Waals surface area contributed by atoms with Gasteiger partial charge in [-0.25, -0.2) is 4.98 Å². The Kier molecular flexibility index (Phi) is 3.44. The molecule has 0 spiro atoms. The molecule has 0 N–H and O–H groups in total. The lowest BCUT2D eigenvalue weighted by molar-refractivity contribution is 0.0991. The number of nitrogens with zero attached hydrogens (tertiary/aromatic N) is 3. The summed E-state index contributed by atoms with van der Waals surface area (Å²) in [5.41, 5.74) is 3.73. The van der Waals surface area contributed by atoms with Crippen LogP contribution in [0.3, 0.4) is 0 Å². The Bertz CT molecular complexity index is 1000. The molecule has 0 amide bonds. The minimum absolute atomic E-state index is 0.533. The molecule has 5 nitrogen and oxygen atoms in total. The number of ether oxygens (including phenoxy) is 2. The van der Waals surface area contributed by atoms with Crippen LogP contribution in [0.15, 0.2) is 42.5 Å². The van der Waals surface area contributed by atoms with Gasteiger partial charge in [0.15, 0.2) is 11.5 Å². The third-order valence-electron chi connectivity index (χ3n) is 5.88.